The molecular weight excluding hydrogens is 206 g/mol. The first-order valence-electron chi connectivity index (χ1n) is 5.54. The van der Waals surface area contributed by atoms with Crippen molar-refractivity contribution in [3.05, 3.63) is 22.5 Å². The van der Waals surface area contributed by atoms with E-state index >= 15 is 0 Å². The second-order valence-corrected chi connectivity index (χ2v) is 4.13. The highest BCUT2D eigenvalue weighted by Gasteiger charge is 2.30. The third-order valence-electron chi connectivity index (χ3n) is 2.98. The molecule has 1 heterocycles. The van der Waals surface area contributed by atoms with Crippen LogP contribution in [0.1, 0.15) is 12.8 Å². The van der Waals surface area contributed by atoms with Crippen LogP contribution < -0.4 is 15.6 Å². The molecule has 16 heavy (non-hydrogen) atoms. The highest BCUT2D eigenvalue weighted by molar-refractivity contribution is 5.06. The van der Waals surface area contributed by atoms with Crippen LogP contribution in [0.5, 0.6) is 5.88 Å². The number of nitrogens with one attached hydrogen (secondary N) is 1. The monoisotopic (exact) mass is 223 g/mol. The zero-order valence-corrected chi connectivity index (χ0v) is 9.64. The largest absolute Gasteiger partial charge is 0.480 e. The minimum atomic E-state index is -0.0818. The van der Waals surface area contributed by atoms with E-state index in [1.807, 2.05) is 7.05 Å². The Labute approximate surface area is 94.4 Å². The Morgan fingerprint density at radius 2 is 2.38 bits per heavy atom. The topological polar surface area (TPSA) is 56.1 Å². The molecule has 1 atom stereocenters. The van der Waals surface area contributed by atoms with Gasteiger partial charge in [0.15, 0.2) is 0 Å². The maximum Gasteiger partial charge on any atom is 0.267 e. The summed E-state index contributed by atoms with van der Waals surface area (Å²) in [6, 6.07) is 3.41. The predicted molar refractivity (Wildman–Crippen MR) is 60.6 cm³/mol. The zero-order valence-electron chi connectivity index (χ0n) is 9.64. The number of methoxy groups -OCH3 is 1. The van der Waals surface area contributed by atoms with E-state index in [-0.39, 0.29) is 5.56 Å². The fourth-order valence-corrected chi connectivity index (χ4v) is 1.83. The van der Waals surface area contributed by atoms with Gasteiger partial charge in [-0.2, -0.15) is 0 Å². The molecular formula is C11H17N3O2. The van der Waals surface area contributed by atoms with E-state index in [0.717, 1.165) is 0 Å². The lowest BCUT2D eigenvalue weighted by Gasteiger charge is -2.16. The van der Waals surface area contributed by atoms with Crippen LogP contribution >= 0.6 is 0 Å². The summed E-state index contributed by atoms with van der Waals surface area (Å²) in [5.41, 5.74) is -0.0818. The normalized spacial score (nSPS) is 17.1. The van der Waals surface area contributed by atoms with Gasteiger partial charge in [0, 0.05) is 18.2 Å². The smallest absolute Gasteiger partial charge is 0.267 e. The molecule has 1 aliphatic rings. The number of likely N-dealkylation sites (N-methyl/N-ethyl adjacent to an activating group) is 1. The minimum absolute atomic E-state index is 0.0818. The molecule has 5 nitrogen and oxygen atoms in total. The maximum atomic E-state index is 11.6. The van der Waals surface area contributed by atoms with E-state index in [1.54, 1.807) is 13.2 Å². The van der Waals surface area contributed by atoms with Crippen LogP contribution in [0, 0.1) is 5.92 Å². The highest BCUT2D eigenvalue weighted by Crippen LogP contribution is 2.32. The van der Waals surface area contributed by atoms with E-state index in [2.05, 4.69) is 10.4 Å². The third-order valence-corrected chi connectivity index (χ3v) is 2.98. The molecule has 1 aromatic rings. The van der Waals surface area contributed by atoms with Crippen molar-refractivity contribution < 1.29 is 4.74 Å². The molecule has 0 spiro atoms. The first-order chi connectivity index (χ1) is 7.74. The van der Waals surface area contributed by atoms with Gasteiger partial charge in [-0.3, -0.25) is 4.79 Å². The van der Waals surface area contributed by atoms with Crippen molar-refractivity contribution in [1.29, 1.82) is 0 Å². The molecule has 0 amide bonds. The number of hydrogen-bond acceptors (Lipinski definition) is 4. The summed E-state index contributed by atoms with van der Waals surface area (Å²) in [5.74, 6) is 1.16. The Kier molecular flexibility index (Phi) is 3.24. The Morgan fingerprint density at radius 3 is 2.94 bits per heavy atom. The maximum absolute atomic E-state index is 11.6. The Balaban J connectivity index is 2.15. The average Bonchev–Trinajstić information content (AvgIpc) is 3.12. The van der Waals surface area contributed by atoms with Gasteiger partial charge in [-0.05, 0) is 25.8 Å². The second kappa shape index (κ2) is 4.65. The van der Waals surface area contributed by atoms with Crippen molar-refractivity contribution >= 4 is 0 Å². The summed E-state index contributed by atoms with van der Waals surface area (Å²) >= 11 is 0. The summed E-state index contributed by atoms with van der Waals surface area (Å²) in [5, 5.41) is 7.37. The van der Waals surface area contributed by atoms with Crippen LogP contribution in [-0.4, -0.2) is 30.0 Å². The summed E-state index contributed by atoms with van der Waals surface area (Å²) in [4.78, 5) is 11.6. The predicted octanol–water partition coefficient (Wildman–Crippen LogP) is 0.250. The molecule has 0 aliphatic heterocycles. The van der Waals surface area contributed by atoms with Crippen LogP contribution in [0.15, 0.2) is 16.9 Å². The van der Waals surface area contributed by atoms with Crippen molar-refractivity contribution in [2.45, 2.75) is 25.4 Å². The molecule has 1 aliphatic carbocycles. The summed E-state index contributed by atoms with van der Waals surface area (Å²) in [6.45, 7) is 0.608. The SMILES string of the molecule is CNC(Cn1nc(OC)ccc1=O)C1CC1. The third kappa shape index (κ3) is 2.41. The molecule has 0 saturated heterocycles. The summed E-state index contributed by atoms with van der Waals surface area (Å²) < 4.78 is 6.48. The highest BCUT2D eigenvalue weighted by atomic mass is 16.5. The van der Waals surface area contributed by atoms with Crippen molar-refractivity contribution in [3.63, 3.8) is 0 Å². The van der Waals surface area contributed by atoms with Gasteiger partial charge in [0.1, 0.15) is 0 Å². The first-order valence-corrected chi connectivity index (χ1v) is 5.54. The van der Waals surface area contributed by atoms with Gasteiger partial charge in [-0.25, -0.2) is 4.68 Å². The lowest BCUT2D eigenvalue weighted by atomic mass is 10.2. The van der Waals surface area contributed by atoms with E-state index in [4.69, 9.17) is 4.74 Å². The van der Waals surface area contributed by atoms with E-state index in [1.165, 1.54) is 23.6 Å². The van der Waals surface area contributed by atoms with Crippen LogP contribution in [0.4, 0.5) is 0 Å². The van der Waals surface area contributed by atoms with Gasteiger partial charge >= 0.3 is 0 Å². The molecule has 5 heteroatoms. The molecule has 0 radical (unpaired) electrons. The van der Waals surface area contributed by atoms with Crippen LogP contribution in [-0.2, 0) is 6.54 Å². The standard InChI is InChI=1S/C11H17N3O2/c1-12-9(8-3-4-8)7-14-11(15)6-5-10(13-14)16-2/h5-6,8-9,12H,3-4,7H2,1-2H3. The molecule has 1 unspecified atom stereocenters. The lowest BCUT2D eigenvalue weighted by Crippen LogP contribution is -2.37. The number of ether oxygens (including phenoxy) is 1. The van der Waals surface area contributed by atoms with Crippen molar-refractivity contribution in [3.8, 4) is 5.88 Å². The van der Waals surface area contributed by atoms with Gasteiger partial charge in [0.25, 0.3) is 5.56 Å². The minimum Gasteiger partial charge on any atom is -0.480 e. The fourth-order valence-electron chi connectivity index (χ4n) is 1.83. The lowest BCUT2D eigenvalue weighted by molar-refractivity contribution is 0.353. The molecule has 2 rings (SSSR count). The average molecular weight is 223 g/mol. The van der Waals surface area contributed by atoms with Gasteiger partial charge in [0.2, 0.25) is 5.88 Å². The van der Waals surface area contributed by atoms with Gasteiger partial charge in [0.05, 0.1) is 13.7 Å². The Morgan fingerprint density at radius 1 is 1.62 bits per heavy atom. The number of rotatable bonds is 5. The Hall–Kier alpha value is -1.36. The van der Waals surface area contributed by atoms with Crippen molar-refractivity contribution in [1.82, 2.24) is 15.1 Å². The molecule has 0 bridgehead atoms. The summed E-state index contributed by atoms with van der Waals surface area (Å²) in [6.07, 6.45) is 2.48. The van der Waals surface area contributed by atoms with E-state index in [9.17, 15) is 4.79 Å². The van der Waals surface area contributed by atoms with Gasteiger partial charge in [-0.15, -0.1) is 5.10 Å². The second-order valence-electron chi connectivity index (χ2n) is 4.13. The molecule has 1 fully saturated rings. The number of aromatic nitrogens is 2. The van der Waals surface area contributed by atoms with Crippen LogP contribution in [0.25, 0.3) is 0 Å². The number of hydrogen-bond donors (Lipinski definition) is 1. The zero-order chi connectivity index (χ0) is 11.5. The number of nitrogens with zero attached hydrogens (tertiary/aromatic N) is 2. The Bertz CT molecular complexity index is 412. The molecule has 1 N–H and O–H groups in total. The molecule has 1 saturated carbocycles. The fraction of sp³-hybridized carbons (Fsp3) is 0.636. The van der Waals surface area contributed by atoms with Gasteiger partial charge < -0.3 is 10.1 Å². The summed E-state index contributed by atoms with van der Waals surface area (Å²) in [7, 11) is 3.47. The van der Waals surface area contributed by atoms with Crippen LogP contribution in [0.3, 0.4) is 0 Å². The van der Waals surface area contributed by atoms with Crippen LogP contribution in [0.2, 0.25) is 0 Å². The first kappa shape index (κ1) is 11.1. The van der Waals surface area contributed by atoms with Gasteiger partial charge in [-0.1, -0.05) is 0 Å². The molecule has 88 valence electrons. The van der Waals surface area contributed by atoms with E-state index in [0.29, 0.717) is 24.4 Å². The quantitative estimate of drug-likeness (QED) is 0.777. The van der Waals surface area contributed by atoms with E-state index < -0.39 is 0 Å². The molecule has 0 aromatic carbocycles. The van der Waals surface area contributed by atoms with Crippen molar-refractivity contribution in [2.24, 2.45) is 5.92 Å². The molecule has 1 aromatic heterocycles. The van der Waals surface area contributed by atoms with Crippen molar-refractivity contribution in [2.75, 3.05) is 14.2 Å².